The summed E-state index contributed by atoms with van der Waals surface area (Å²) in [5.41, 5.74) is 2.83. The number of benzene rings is 1. The molecule has 1 aromatic rings. The van der Waals surface area contributed by atoms with E-state index in [1.807, 2.05) is 0 Å². The molecule has 126 valence electrons. The Morgan fingerprint density at radius 1 is 1.13 bits per heavy atom. The van der Waals surface area contributed by atoms with Crippen molar-refractivity contribution >= 4 is 5.91 Å². The normalized spacial score (nSPS) is 25.6. The Bertz CT molecular complexity index is 538. The Morgan fingerprint density at radius 3 is 2.48 bits per heavy atom. The second-order valence-electron chi connectivity index (χ2n) is 8.10. The van der Waals surface area contributed by atoms with E-state index < -0.39 is 0 Å². The first-order valence-electron chi connectivity index (χ1n) is 9.08. The van der Waals surface area contributed by atoms with Crippen LogP contribution in [-0.2, 0) is 10.2 Å². The van der Waals surface area contributed by atoms with Gasteiger partial charge in [-0.25, -0.2) is 0 Å². The lowest BCUT2D eigenvalue weighted by Gasteiger charge is -2.31. The molecule has 0 aliphatic carbocycles. The zero-order valence-corrected chi connectivity index (χ0v) is 14.8. The van der Waals surface area contributed by atoms with Crippen LogP contribution in [0.5, 0.6) is 0 Å². The van der Waals surface area contributed by atoms with E-state index in [1.54, 1.807) is 0 Å². The van der Waals surface area contributed by atoms with E-state index in [4.69, 9.17) is 0 Å². The summed E-state index contributed by atoms with van der Waals surface area (Å²) in [6.07, 6.45) is 4.38. The molecule has 0 saturated carbocycles. The lowest BCUT2D eigenvalue weighted by Crippen LogP contribution is -2.42. The number of rotatable bonds is 2. The van der Waals surface area contributed by atoms with Crippen LogP contribution in [0, 0.1) is 5.92 Å². The number of nitrogens with one attached hydrogen (secondary N) is 1. The van der Waals surface area contributed by atoms with Gasteiger partial charge in [-0.15, -0.1) is 0 Å². The van der Waals surface area contributed by atoms with Crippen LogP contribution in [0.1, 0.15) is 63.6 Å². The van der Waals surface area contributed by atoms with Crippen molar-refractivity contribution in [1.29, 1.82) is 0 Å². The summed E-state index contributed by atoms with van der Waals surface area (Å²) >= 11 is 0. The zero-order valence-electron chi connectivity index (χ0n) is 14.8. The first kappa shape index (κ1) is 16.5. The summed E-state index contributed by atoms with van der Waals surface area (Å²) in [5, 5.41) is 3.37. The van der Waals surface area contributed by atoms with Crippen LogP contribution in [0.25, 0.3) is 0 Å². The van der Waals surface area contributed by atoms with Crippen molar-refractivity contribution < 1.29 is 4.79 Å². The Kier molecular flexibility index (Phi) is 4.77. The van der Waals surface area contributed by atoms with Gasteiger partial charge in [0.15, 0.2) is 0 Å². The molecule has 2 atom stereocenters. The van der Waals surface area contributed by atoms with Gasteiger partial charge in [0.1, 0.15) is 0 Å². The van der Waals surface area contributed by atoms with Gasteiger partial charge >= 0.3 is 0 Å². The molecule has 2 unspecified atom stereocenters. The molecule has 2 saturated heterocycles. The van der Waals surface area contributed by atoms with Crippen molar-refractivity contribution in [3.63, 3.8) is 0 Å². The molecule has 2 aliphatic heterocycles. The summed E-state index contributed by atoms with van der Waals surface area (Å²) in [4.78, 5) is 15.0. The number of nitrogens with zero attached hydrogens (tertiary/aromatic N) is 1. The fraction of sp³-hybridized carbons (Fsp3) is 0.650. The second kappa shape index (κ2) is 6.64. The molecule has 1 N–H and O–H groups in total. The molecule has 1 amide bonds. The van der Waals surface area contributed by atoms with E-state index in [-0.39, 0.29) is 17.4 Å². The maximum atomic E-state index is 12.9. The summed E-state index contributed by atoms with van der Waals surface area (Å²) in [6, 6.07) is 9.21. The lowest BCUT2D eigenvalue weighted by atomic mass is 9.86. The predicted octanol–water partition coefficient (Wildman–Crippen LogP) is 3.65. The third kappa shape index (κ3) is 3.60. The van der Waals surface area contributed by atoms with Crippen LogP contribution in [0.4, 0.5) is 0 Å². The number of likely N-dealkylation sites (tertiary alicyclic amines) is 1. The summed E-state index contributed by atoms with van der Waals surface area (Å²) in [5.74, 6) is 0.540. The van der Waals surface area contributed by atoms with Gasteiger partial charge in [-0.2, -0.15) is 0 Å². The van der Waals surface area contributed by atoms with E-state index in [2.05, 4.69) is 55.3 Å². The lowest BCUT2D eigenvalue weighted by molar-refractivity contribution is -0.137. The van der Waals surface area contributed by atoms with Gasteiger partial charge in [0.2, 0.25) is 5.91 Å². The third-order valence-electron chi connectivity index (χ3n) is 5.34. The number of amides is 1. The molecular weight excluding hydrogens is 284 g/mol. The van der Waals surface area contributed by atoms with Crippen molar-refractivity contribution in [2.24, 2.45) is 5.92 Å². The number of piperidine rings is 1. The van der Waals surface area contributed by atoms with Crippen LogP contribution in [0.3, 0.4) is 0 Å². The minimum atomic E-state index is 0.178. The molecule has 1 aromatic carbocycles. The third-order valence-corrected chi connectivity index (χ3v) is 5.34. The Morgan fingerprint density at radius 2 is 1.87 bits per heavy atom. The van der Waals surface area contributed by atoms with Crippen LogP contribution >= 0.6 is 0 Å². The quantitative estimate of drug-likeness (QED) is 0.904. The highest BCUT2D eigenvalue weighted by Gasteiger charge is 2.34. The standard InChI is InChI=1S/C20H30N2O/c1-20(2,3)17-10-8-15(9-11-17)18-7-5-13-22(18)19(23)16-6-4-12-21-14-16/h8-11,16,18,21H,4-7,12-14H2,1-3H3. The van der Waals surface area contributed by atoms with E-state index in [1.165, 1.54) is 11.1 Å². The molecule has 0 radical (unpaired) electrons. The average molecular weight is 314 g/mol. The SMILES string of the molecule is CC(C)(C)c1ccc(C2CCCN2C(=O)C2CCCNC2)cc1. The van der Waals surface area contributed by atoms with Crippen LogP contribution in [-0.4, -0.2) is 30.4 Å². The van der Waals surface area contributed by atoms with Gasteiger partial charge in [-0.1, -0.05) is 45.0 Å². The molecule has 0 bridgehead atoms. The number of carbonyl (C=O) groups is 1. The van der Waals surface area contributed by atoms with Crippen molar-refractivity contribution in [2.45, 2.75) is 57.9 Å². The summed E-state index contributed by atoms with van der Waals surface area (Å²) in [6.45, 7) is 9.55. The molecule has 0 spiro atoms. The van der Waals surface area contributed by atoms with Crippen LogP contribution < -0.4 is 5.32 Å². The van der Waals surface area contributed by atoms with Gasteiger partial charge in [0.05, 0.1) is 12.0 Å². The maximum absolute atomic E-state index is 12.9. The topological polar surface area (TPSA) is 32.3 Å². The summed E-state index contributed by atoms with van der Waals surface area (Å²) in [7, 11) is 0. The van der Waals surface area contributed by atoms with Crippen molar-refractivity contribution in [3.8, 4) is 0 Å². The van der Waals surface area contributed by atoms with Crippen LogP contribution in [0.15, 0.2) is 24.3 Å². The Balaban J connectivity index is 1.74. The van der Waals surface area contributed by atoms with E-state index in [9.17, 15) is 4.79 Å². The van der Waals surface area contributed by atoms with Gasteiger partial charge in [-0.3, -0.25) is 4.79 Å². The smallest absolute Gasteiger partial charge is 0.227 e. The number of hydrogen-bond donors (Lipinski definition) is 1. The first-order valence-corrected chi connectivity index (χ1v) is 9.08. The fourth-order valence-electron chi connectivity index (χ4n) is 3.88. The van der Waals surface area contributed by atoms with Gasteiger partial charge < -0.3 is 10.2 Å². The highest BCUT2D eigenvalue weighted by Crippen LogP contribution is 2.35. The molecule has 3 heteroatoms. The Hall–Kier alpha value is -1.35. The molecular formula is C20H30N2O. The van der Waals surface area contributed by atoms with Gasteiger partial charge in [0, 0.05) is 13.1 Å². The molecule has 3 rings (SSSR count). The predicted molar refractivity (Wildman–Crippen MR) is 94.4 cm³/mol. The largest absolute Gasteiger partial charge is 0.335 e. The fourth-order valence-corrected chi connectivity index (χ4v) is 3.88. The molecule has 2 heterocycles. The van der Waals surface area contributed by atoms with Crippen molar-refractivity contribution in [1.82, 2.24) is 10.2 Å². The average Bonchev–Trinajstić information content (AvgIpc) is 3.04. The van der Waals surface area contributed by atoms with E-state index in [0.29, 0.717) is 5.91 Å². The van der Waals surface area contributed by atoms with Crippen molar-refractivity contribution in [3.05, 3.63) is 35.4 Å². The first-order chi connectivity index (χ1) is 11.0. The summed E-state index contributed by atoms with van der Waals surface area (Å²) < 4.78 is 0. The van der Waals surface area contributed by atoms with E-state index >= 15 is 0 Å². The minimum absolute atomic E-state index is 0.178. The van der Waals surface area contributed by atoms with Gasteiger partial charge in [0.25, 0.3) is 0 Å². The molecule has 0 aromatic heterocycles. The molecule has 3 nitrogen and oxygen atoms in total. The molecule has 23 heavy (non-hydrogen) atoms. The Labute approximate surface area is 140 Å². The minimum Gasteiger partial charge on any atom is -0.335 e. The van der Waals surface area contributed by atoms with Gasteiger partial charge in [-0.05, 0) is 48.8 Å². The van der Waals surface area contributed by atoms with Crippen molar-refractivity contribution in [2.75, 3.05) is 19.6 Å². The number of carbonyl (C=O) groups excluding carboxylic acids is 1. The maximum Gasteiger partial charge on any atom is 0.227 e. The highest BCUT2D eigenvalue weighted by atomic mass is 16.2. The molecule has 2 aliphatic rings. The second-order valence-corrected chi connectivity index (χ2v) is 8.10. The highest BCUT2D eigenvalue weighted by molar-refractivity contribution is 5.80. The van der Waals surface area contributed by atoms with E-state index in [0.717, 1.165) is 45.3 Å². The molecule has 2 fully saturated rings. The monoisotopic (exact) mass is 314 g/mol. The van der Waals surface area contributed by atoms with Crippen LogP contribution in [0.2, 0.25) is 0 Å². The number of hydrogen-bond acceptors (Lipinski definition) is 2. The zero-order chi connectivity index (χ0) is 16.4.